The third-order valence-corrected chi connectivity index (χ3v) is 4.59. The number of furan rings is 1. The Morgan fingerprint density at radius 2 is 2.06 bits per heavy atom. The van der Waals surface area contributed by atoms with Gasteiger partial charge >= 0.3 is 0 Å². The molecule has 0 spiro atoms. The molecule has 2 rings (SSSR count). The van der Waals surface area contributed by atoms with Crippen molar-refractivity contribution in [1.82, 2.24) is 5.32 Å². The number of halogens is 1. The lowest BCUT2D eigenvalue weighted by Gasteiger charge is -2.23. The Kier molecular flexibility index (Phi) is 5.11. The Morgan fingerprint density at radius 3 is 2.65 bits per heavy atom. The van der Waals surface area contributed by atoms with E-state index < -0.39 is 0 Å². The first-order chi connectivity index (χ1) is 8.27. The average molecular weight is 300 g/mol. The van der Waals surface area contributed by atoms with Crippen molar-refractivity contribution in [1.29, 1.82) is 0 Å². The summed E-state index contributed by atoms with van der Waals surface area (Å²) in [5, 5.41) is 3.60. The van der Waals surface area contributed by atoms with Crippen LogP contribution in [0.25, 0.3) is 0 Å². The first kappa shape index (κ1) is 13.2. The fraction of sp³-hybridized carbons (Fsp3) is 0.714. The van der Waals surface area contributed by atoms with Gasteiger partial charge in [0.2, 0.25) is 0 Å². The zero-order valence-electron chi connectivity index (χ0n) is 10.5. The van der Waals surface area contributed by atoms with Gasteiger partial charge in [0, 0.05) is 6.04 Å². The van der Waals surface area contributed by atoms with Gasteiger partial charge in [-0.3, -0.25) is 0 Å². The molecule has 0 radical (unpaired) electrons. The molecule has 0 aliphatic heterocycles. The van der Waals surface area contributed by atoms with Crippen molar-refractivity contribution in [2.45, 2.75) is 58.0 Å². The largest absolute Gasteiger partial charge is 0.467 e. The molecule has 3 heteroatoms. The van der Waals surface area contributed by atoms with Crippen molar-refractivity contribution in [2.24, 2.45) is 5.92 Å². The van der Waals surface area contributed by atoms with Crippen LogP contribution >= 0.6 is 15.9 Å². The van der Waals surface area contributed by atoms with Gasteiger partial charge in [0.05, 0.1) is 17.3 Å². The summed E-state index contributed by atoms with van der Waals surface area (Å²) in [6.45, 7) is 3.14. The van der Waals surface area contributed by atoms with Crippen LogP contribution in [-0.2, 0) is 6.54 Å². The molecular formula is C14H22BrNO. The third kappa shape index (κ3) is 3.85. The molecule has 0 unspecified atom stereocenters. The SMILES string of the molecule is C[C@@H](NCc1occc1Br)C1CCCCCC1. The van der Waals surface area contributed by atoms with E-state index in [0.29, 0.717) is 6.04 Å². The van der Waals surface area contributed by atoms with Crippen LogP contribution in [0.2, 0.25) is 0 Å². The molecule has 96 valence electrons. The highest BCUT2D eigenvalue weighted by molar-refractivity contribution is 9.10. The molecule has 1 atom stereocenters. The predicted octanol–water partition coefficient (Wildman–Crippen LogP) is 4.49. The summed E-state index contributed by atoms with van der Waals surface area (Å²) in [4.78, 5) is 0. The van der Waals surface area contributed by atoms with E-state index in [1.165, 1.54) is 38.5 Å². The number of hydrogen-bond donors (Lipinski definition) is 1. The summed E-state index contributed by atoms with van der Waals surface area (Å²) >= 11 is 3.49. The Bertz CT molecular complexity index is 329. The highest BCUT2D eigenvalue weighted by Gasteiger charge is 2.19. The summed E-state index contributed by atoms with van der Waals surface area (Å²) in [6.07, 6.45) is 10.2. The molecule has 2 nitrogen and oxygen atoms in total. The summed E-state index contributed by atoms with van der Waals surface area (Å²) in [5.41, 5.74) is 0. The van der Waals surface area contributed by atoms with E-state index in [4.69, 9.17) is 4.42 Å². The van der Waals surface area contributed by atoms with E-state index in [1.54, 1.807) is 6.26 Å². The van der Waals surface area contributed by atoms with Crippen molar-refractivity contribution in [2.75, 3.05) is 0 Å². The van der Waals surface area contributed by atoms with E-state index in [0.717, 1.165) is 22.7 Å². The molecule has 1 N–H and O–H groups in total. The molecule has 0 amide bonds. The van der Waals surface area contributed by atoms with E-state index in [-0.39, 0.29) is 0 Å². The van der Waals surface area contributed by atoms with Crippen LogP contribution in [0, 0.1) is 5.92 Å². The molecule has 1 aliphatic carbocycles. The van der Waals surface area contributed by atoms with Crippen LogP contribution in [-0.4, -0.2) is 6.04 Å². The molecule has 1 aromatic rings. The second-order valence-corrected chi connectivity index (χ2v) is 5.97. The highest BCUT2D eigenvalue weighted by atomic mass is 79.9. The van der Waals surface area contributed by atoms with Gasteiger partial charge in [-0.25, -0.2) is 0 Å². The van der Waals surface area contributed by atoms with Crippen LogP contribution < -0.4 is 5.32 Å². The minimum Gasteiger partial charge on any atom is -0.467 e. The molecule has 17 heavy (non-hydrogen) atoms. The maximum Gasteiger partial charge on any atom is 0.131 e. The normalized spacial score (nSPS) is 20.1. The van der Waals surface area contributed by atoms with Gasteiger partial charge in [0.1, 0.15) is 5.76 Å². The van der Waals surface area contributed by atoms with Gasteiger partial charge in [0.15, 0.2) is 0 Å². The Hall–Kier alpha value is -0.280. The molecule has 0 aromatic carbocycles. The van der Waals surface area contributed by atoms with Crippen LogP contribution in [0.5, 0.6) is 0 Å². The van der Waals surface area contributed by atoms with Crippen molar-refractivity contribution in [3.8, 4) is 0 Å². The quantitative estimate of drug-likeness (QED) is 0.829. The lowest BCUT2D eigenvalue weighted by Crippen LogP contribution is -2.32. The topological polar surface area (TPSA) is 25.2 Å². The van der Waals surface area contributed by atoms with Crippen LogP contribution in [0.15, 0.2) is 21.2 Å². The summed E-state index contributed by atoms with van der Waals surface area (Å²) in [5.74, 6) is 1.84. The molecule has 1 saturated carbocycles. The van der Waals surface area contributed by atoms with Crippen LogP contribution in [0.3, 0.4) is 0 Å². The van der Waals surface area contributed by atoms with E-state index in [9.17, 15) is 0 Å². The summed E-state index contributed by atoms with van der Waals surface area (Å²) in [7, 11) is 0. The molecular weight excluding hydrogens is 278 g/mol. The van der Waals surface area contributed by atoms with Crippen molar-refractivity contribution in [3.05, 3.63) is 22.6 Å². The lowest BCUT2D eigenvalue weighted by molar-refractivity contribution is 0.326. The summed E-state index contributed by atoms with van der Waals surface area (Å²) in [6, 6.07) is 2.54. The third-order valence-electron chi connectivity index (χ3n) is 3.88. The minimum atomic E-state index is 0.588. The van der Waals surface area contributed by atoms with Gasteiger partial charge in [0.25, 0.3) is 0 Å². The van der Waals surface area contributed by atoms with Crippen LogP contribution in [0.1, 0.15) is 51.2 Å². The number of rotatable bonds is 4. The smallest absolute Gasteiger partial charge is 0.131 e. The molecule has 1 aromatic heterocycles. The fourth-order valence-electron chi connectivity index (χ4n) is 2.68. The van der Waals surface area contributed by atoms with E-state index in [2.05, 4.69) is 28.2 Å². The maximum atomic E-state index is 5.42. The second kappa shape index (κ2) is 6.60. The van der Waals surface area contributed by atoms with Gasteiger partial charge in [-0.2, -0.15) is 0 Å². The average Bonchev–Trinajstić information content (AvgIpc) is 2.58. The van der Waals surface area contributed by atoms with Gasteiger partial charge in [-0.05, 0) is 47.7 Å². The van der Waals surface area contributed by atoms with Crippen molar-refractivity contribution < 1.29 is 4.42 Å². The lowest BCUT2D eigenvalue weighted by atomic mass is 9.93. The Balaban J connectivity index is 1.80. The van der Waals surface area contributed by atoms with Crippen molar-refractivity contribution >= 4 is 15.9 Å². The first-order valence-electron chi connectivity index (χ1n) is 6.72. The predicted molar refractivity (Wildman–Crippen MR) is 73.9 cm³/mol. The molecule has 1 fully saturated rings. The Labute approximate surface area is 112 Å². The maximum absolute atomic E-state index is 5.42. The van der Waals surface area contributed by atoms with E-state index >= 15 is 0 Å². The zero-order chi connectivity index (χ0) is 12.1. The van der Waals surface area contributed by atoms with E-state index in [1.807, 2.05) is 6.07 Å². The molecule has 0 bridgehead atoms. The fourth-order valence-corrected chi connectivity index (χ4v) is 3.02. The minimum absolute atomic E-state index is 0.588. The molecule has 0 saturated heterocycles. The molecule has 1 heterocycles. The first-order valence-corrected chi connectivity index (χ1v) is 7.52. The highest BCUT2D eigenvalue weighted by Crippen LogP contribution is 2.26. The van der Waals surface area contributed by atoms with Gasteiger partial charge < -0.3 is 9.73 Å². The Morgan fingerprint density at radius 1 is 1.35 bits per heavy atom. The van der Waals surface area contributed by atoms with Gasteiger partial charge in [-0.1, -0.05) is 25.7 Å². The standard InChI is InChI=1S/C14H22BrNO/c1-11(12-6-4-2-3-5-7-12)16-10-14-13(15)8-9-17-14/h8-9,11-12,16H,2-7,10H2,1H3/t11-/m1/s1. The zero-order valence-corrected chi connectivity index (χ0v) is 12.1. The number of hydrogen-bond acceptors (Lipinski definition) is 2. The molecule has 1 aliphatic rings. The van der Waals surface area contributed by atoms with Crippen LogP contribution in [0.4, 0.5) is 0 Å². The monoisotopic (exact) mass is 299 g/mol. The van der Waals surface area contributed by atoms with Gasteiger partial charge in [-0.15, -0.1) is 0 Å². The van der Waals surface area contributed by atoms with Crippen molar-refractivity contribution in [3.63, 3.8) is 0 Å². The summed E-state index contributed by atoms with van der Waals surface area (Å²) < 4.78 is 6.48. The second-order valence-electron chi connectivity index (χ2n) is 5.11. The number of nitrogens with one attached hydrogen (secondary N) is 1.